The topological polar surface area (TPSA) is 61.0 Å². The van der Waals surface area contributed by atoms with Crippen LogP contribution in [0.15, 0.2) is 24.4 Å². The van der Waals surface area contributed by atoms with Crippen LogP contribution in [0.1, 0.15) is 55.3 Å². The smallest absolute Gasteiger partial charge is 0.251 e. The number of hydrogen-bond donors (Lipinski definition) is 2. The number of fused-ring (bicyclic) bond motifs is 1. The minimum Gasteiger partial charge on any atom is -0.349 e. The van der Waals surface area contributed by atoms with Crippen molar-refractivity contribution in [2.24, 2.45) is 0 Å². The molecule has 0 spiro atoms. The van der Waals surface area contributed by atoms with Gasteiger partial charge in [0.05, 0.1) is 11.7 Å². The van der Waals surface area contributed by atoms with Crippen LogP contribution in [-0.2, 0) is 0 Å². The van der Waals surface area contributed by atoms with Crippen LogP contribution >= 0.6 is 0 Å². The summed E-state index contributed by atoms with van der Waals surface area (Å²) >= 11 is 0. The van der Waals surface area contributed by atoms with Gasteiger partial charge in [0.25, 0.3) is 5.91 Å². The van der Waals surface area contributed by atoms with Gasteiger partial charge in [0.1, 0.15) is 0 Å². The molecule has 1 saturated carbocycles. The highest BCUT2D eigenvalue weighted by atomic mass is 16.1. The van der Waals surface area contributed by atoms with Gasteiger partial charge in [-0.05, 0) is 69.8 Å². The van der Waals surface area contributed by atoms with Crippen molar-refractivity contribution in [1.82, 2.24) is 20.4 Å². The van der Waals surface area contributed by atoms with E-state index < -0.39 is 0 Å². The Bertz CT molecular complexity index is 696. The first kappa shape index (κ1) is 15.6. The molecule has 2 aliphatic rings. The van der Waals surface area contributed by atoms with Crippen LogP contribution in [0.25, 0.3) is 10.9 Å². The standard InChI is InChI=1S/C19H26N4O/c24-19(14-4-9-18-15(12-14)13-20-22-18)21-16-5-7-17(8-6-16)23-10-2-1-3-11-23/h4,9,12-13,16-17H,1-3,5-8,10-11H2,(H,20,22)(H,21,24)/t16-,17-. The number of nitrogens with zero attached hydrogens (tertiary/aromatic N) is 2. The average molecular weight is 326 g/mol. The molecule has 0 unspecified atom stereocenters. The molecule has 0 atom stereocenters. The number of rotatable bonds is 3. The highest BCUT2D eigenvalue weighted by molar-refractivity contribution is 5.98. The van der Waals surface area contributed by atoms with Crippen LogP contribution in [-0.4, -0.2) is 46.2 Å². The zero-order valence-corrected chi connectivity index (χ0v) is 14.1. The summed E-state index contributed by atoms with van der Waals surface area (Å²) in [6.45, 7) is 2.54. The molecule has 2 fully saturated rings. The molecule has 24 heavy (non-hydrogen) atoms. The second kappa shape index (κ2) is 6.93. The summed E-state index contributed by atoms with van der Waals surface area (Å²) in [6, 6.07) is 6.76. The second-order valence-electron chi connectivity index (χ2n) is 7.25. The lowest BCUT2D eigenvalue weighted by molar-refractivity contribution is 0.0888. The second-order valence-corrected chi connectivity index (χ2v) is 7.25. The van der Waals surface area contributed by atoms with Crippen LogP contribution in [0.4, 0.5) is 0 Å². The summed E-state index contributed by atoms with van der Waals surface area (Å²) in [6.07, 6.45) is 10.5. The molecular formula is C19H26N4O. The molecular weight excluding hydrogens is 300 g/mol. The Labute approximate surface area is 142 Å². The Balaban J connectivity index is 1.32. The van der Waals surface area contributed by atoms with E-state index in [0.717, 1.165) is 35.3 Å². The summed E-state index contributed by atoms with van der Waals surface area (Å²) in [5, 5.41) is 11.1. The number of nitrogens with one attached hydrogen (secondary N) is 2. The van der Waals surface area contributed by atoms with E-state index in [0.29, 0.717) is 6.04 Å². The molecule has 1 aliphatic heterocycles. The Morgan fingerprint density at radius 2 is 1.92 bits per heavy atom. The molecule has 1 aromatic carbocycles. The van der Waals surface area contributed by atoms with E-state index in [1.807, 2.05) is 18.2 Å². The number of aromatic amines is 1. The van der Waals surface area contributed by atoms with Crippen LogP contribution in [0.5, 0.6) is 0 Å². The monoisotopic (exact) mass is 326 g/mol. The third-order valence-corrected chi connectivity index (χ3v) is 5.64. The molecule has 1 amide bonds. The number of benzene rings is 1. The minimum atomic E-state index is 0.0412. The fourth-order valence-electron chi connectivity index (χ4n) is 4.22. The van der Waals surface area contributed by atoms with Gasteiger partial charge in [0.15, 0.2) is 0 Å². The predicted molar refractivity (Wildman–Crippen MR) is 95.0 cm³/mol. The Morgan fingerprint density at radius 3 is 2.71 bits per heavy atom. The van der Waals surface area contributed by atoms with Gasteiger partial charge in [-0.3, -0.25) is 9.89 Å². The molecule has 2 heterocycles. The lowest BCUT2D eigenvalue weighted by atomic mass is 9.89. The molecule has 1 aromatic heterocycles. The van der Waals surface area contributed by atoms with E-state index in [-0.39, 0.29) is 5.91 Å². The first-order valence-electron chi connectivity index (χ1n) is 9.27. The Hall–Kier alpha value is -1.88. The molecule has 1 saturated heterocycles. The van der Waals surface area contributed by atoms with Gasteiger partial charge in [-0.1, -0.05) is 6.42 Å². The maximum Gasteiger partial charge on any atom is 0.251 e. The van der Waals surface area contributed by atoms with E-state index in [4.69, 9.17) is 0 Å². The highest BCUT2D eigenvalue weighted by Crippen LogP contribution is 2.26. The lowest BCUT2D eigenvalue weighted by Crippen LogP contribution is -2.45. The van der Waals surface area contributed by atoms with Gasteiger partial charge in [0, 0.05) is 23.0 Å². The van der Waals surface area contributed by atoms with Crippen molar-refractivity contribution in [3.05, 3.63) is 30.0 Å². The number of hydrogen-bond acceptors (Lipinski definition) is 3. The average Bonchev–Trinajstić information content (AvgIpc) is 3.11. The van der Waals surface area contributed by atoms with Crippen LogP contribution in [0.2, 0.25) is 0 Å². The first-order chi connectivity index (χ1) is 11.8. The Morgan fingerprint density at radius 1 is 1.12 bits per heavy atom. The van der Waals surface area contributed by atoms with E-state index >= 15 is 0 Å². The quantitative estimate of drug-likeness (QED) is 0.911. The summed E-state index contributed by atoms with van der Waals surface area (Å²) in [7, 11) is 0. The van der Waals surface area contributed by atoms with Crippen molar-refractivity contribution in [2.45, 2.75) is 57.0 Å². The summed E-state index contributed by atoms with van der Waals surface area (Å²) in [5.74, 6) is 0.0412. The van der Waals surface area contributed by atoms with Crippen LogP contribution < -0.4 is 5.32 Å². The molecule has 1 aliphatic carbocycles. The summed E-state index contributed by atoms with van der Waals surface area (Å²) in [5.41, 5.74) is 1.69. The van der Waals surface area contributed by atoms with Crippen molar-refractivity contribution < 1.29 is 4.79 Å². The minimum absolute atomic E-state index is 0.0412. The molecule has 128 valence electrons. The molecule has 0 radical (unpaired) electrons. The Kier molecular flexibility index (Phi) is 4.52. The third-order valence-electron chi connectivity index (χ3n) is 5.64. The van der Waals surface area contributed by atoms with Gasteiger partial charge in [-0.2, -0.15) is 5.10 Å². The van der Waals surface area contributed by atoms with Crippen molar-refractivity contribution in [3.63, 3.8) is 0 Å². The molecule has 2 aromatic rings. The number of amides is 1. The third kappa shape index (κ3) is 3.31. The van der Waals surface area contributed by atoms with E-state index in [9.17, 15) is 4.79 Å². The fourth-order valence-corrected chi connectivity index (χ4v) is 4.22. The predicted octanol–water partition coefficient (Wildman–Crippen LogP) is 3.09. The molecule has 5 nitrogen and oxygen atoms in total. The van der Waals surface area contributed by atoms with Gasteiger partial charge >= 0.3 is 0 Å². The van der Waals surface area contributed by atoms with Crippen molar-refractivity contribution in [1.29, 1.82) is 0 Å². The molecule has 5 heteroatoms. The maximum atomic E-state index is 12.5. The van der Waals surface area contributed by atoms with Crippen molar-refractivity contribution in [2.75, 3.05) is 13.1 Å². The van der Waals surface area contributed by atoms with Gasteiger partial charge in [-0.15, -0.1) is 0 Å². The fraction of sp³-hybridized carbons (Fsp3) is 0.579. The van der Waals surface area contributed by atoms with Gasteiger partial charge < -0.3 is 10.2 Å². The van der Waals surface area contributed by atoms with Crippen molar-refractivity contribution >= 4 is 16.8 Å². The number of piperidine rings is 1. The highest BCUT2D eigenvalue weighted by Gasteiger charge is 2.27. The first-order valence-corrected chi connectivity index (χ1v) is 9.27. The molecule has 2 N–H and O–H groups in total. The van der Waals surface area contributed by atoms with Crippen LogP contribution in [0, 0.1) is 0 Å². The van der Waals surface area contributed by atoms with Gasteiger partial charge in [0.2, 0.25) is 0 Å². The van der Waals surface area contributed by atoms with Gasteiger partial charge in [-0.25, -0.2) is 0 Å². The SMILES string of the molecule is O=C(N[C@H]1CC[C@H](N2CCCCC2)CC1)c1ccc2[nH]ncc2c1. The van der Waals surface area contributed by atoms with Crippen molar-refractivity contribution in [3.8, 4) is 0 Å². The van der Waals surface area contributed by atoms with Crippen LogP contribution in [0.3, 0.4) is 0 Å². The summed E-state index contributed by atoms with van der Waals surface area (Å²) in [4.78, 5) is 15.2. The number of H-pyrrole nitrogens is 1. The number of likely N-dealkylation sites (tertiary alicyclic amines) is 1. The number of aromatic nitrogens is 2. The van der Waals surface area contributed by atoms with E-state index in [2.05, 4.69) is 20.4 Å². The zero-order chi connectivity index (χ0) is 16.4. The lowest BCUT2D eigenvalue weighted by Gasteiger charge is -2.39. The molecule has 4 rings (SSSR count). The zero-order valence-electron chi connectivity index (χ0n) is 14.1. The maximum absolute atomic E-state index is 12.5. The van der Waals surface area contributed by atoms with E-state index in [1.165, 1.54) is 45.2 Å². The number of carbonyl (C=O) groups is 1. The van der Waals surface area contributed by atoms with E-state index in [1.54, 1.807) is 6.20 Å². The number of carbonyl (C=O) groups excluding carboxylic acids is 1. The summed E-state index contributed by atoms with van der Waals surface area (Å²) < 4.78 is 0. The largest absolute Gasteiger partial charge is 0.349 e. The normalized spacial score (nSPS) is 25.7. The molecule has 0 bridgehead atoms.